The van der Waals surface area contributed by atoms with Gasteiger partial charge in [-0.1, -0.05) is 48.6 Å². The van der Waals surface area contributed by atoms with E-state index in [4.69, 9.17) is 0 Å². The molecule has 0 aromatic heterocycles. The standard InChI is InChI=1S/C31H26F5NO/c32-27-12-11-23(28(29(27)33)31(34,35)36)20-13-15-37(16-14-20)30(38)21-6-5-19-8-9-24-22-4-2-1-3-18(22)7-10-25(24)26(19)17-21/h1-2,4,6-9,11-12,20H,3,5,10,13-17H2. The fourth-order valence-corrected chi connectivity index (χ4v) is 6.35. The predicted molar refractivity (Wildman–Crippen MR) is 135 cm³/mol. The molecule has 0 bridgehead atoms. The van der Waals surface area contributed by atoms with Crippen molar-refractivity contribution in [3.05, 3.63) is 111 Å². The fraction of sp³-hybridized carbons (Fsp3) is 0.323. The maximum atomic E-state index is 14.1. The van der Waals surface area contributed by atoms with Crippen LogP contribution in [0.3, 0.4) is 0 Å². The second-order valence-corrected chi connectivity index (χ2v) is 10.4. The first-order valence-corrected chi connectivity index (χ1v) is 13.0. The molecule has 1 fully saturated rings. The molecular formula is C31H26F5NO. The molecule has 1 amide bonds. The smallest absolute Gasteiger partial charge is 0.339 e. The number of hydrogen-bond acceptors (Lipinski definition) is 1. The molecule has 1 heterocycles. The molecule has 2 aromatic rings. The molecule has 3 aliphatic carbocycles. The number of hydrogen-bond donors (Lipinski definition) is 0. The number of halogens is 5. The summed E-state index contributed by atoms with van der Waals surface area (Å²) in [6.45, 7) is 0.532. The number of rotatable bonds is 2. The molecule has 4 aliphatic rings. The summed E-state index contributed by atoms with van der Waals surface area (Å²) in [5.41, 5.74) is 6.44. The van der Waals surface area contributed by atoms with Crippen molar-refractivity contribution in [1.82, 2.24) is 4.90 Å². The average Bonchev–Trinajstić information content (AvgIpc) is 2.92. The highest BCUT2D eigenvalue weighted by atomic mass is 19.4. The van der Waals surface area contributed by atoms with Crippen LogP contribution in [0.4, 0.5) is 22.0 Å². The minimum absolute atomic E-state index is 0.0973. The lowest BCUT2D eigenvalue weighted by molar-refractivity contribution is -0.141. The molecule has 0 saturated carbocycles. The quantitative estimate of drug-likeness (QED) is 0.380. The minimum Gasteiger partial charge on any atom is -0.339 e. The van der Waals surface area contributed by atoms with Gasteiger partial charge in [0.05, 0.1) is 5.56 Å². The number of benzene rings is 2. The Balaban J connectivity index is 1.19. The lowest BCUT2D eigenvalue weighted by atomic mass is 9.77. The Labute approximate surface area is 217 Å². The number of carbonyl (C=O) groups excluding carboxylic acids is 1. The maximum absolute atomic E-state index is 14.1. The van der Waals surface area contributed by atoms with Crippen LogP contribution in [-0.4, -0.2) is 23.9 Å². The first kappa shape index (κ1) is 24.8. The van der Waals surface area contributed by atoms with Gasteiger partial charge < -0.3 is 4.90 Å². The monoisotopic (exact) mass is 523 g/mol. The number of alkyl halides is 3. The Hall–Kier alpha value is -3.48. The van der Waals surface area contributed by atoms with E-state index in [1.54, 1.807) is 4.90 Å². The topological polar surface area (TPSA) is 20.3 Å². The van der Waals surface area contributed by atoms with Gasteiger partial charge in [0, 0.05) is 25.1 Å². The third-order valence-electron chi connectivity index (χ3n) is 8.30. The van der Waals surface area contributed by atoms with Crippen LogP contribution in [0.25, 0.3) is 5.57 Å². The number of fused-ring (bicyclic) bond motifs is 5. The van der Waals surface area contributed by atoms with Crippen LogP contribution in [0, 0.1) is 11.6 Å². The summed E-state index contributed by atoms with van der Waals surface area (Å²) in [6.07, 6.45) is 9.10. The van der Waals surface area contributed by atoms with E-state index in [0.29, 0.717) is 18.4 Å². The van der Waals surface area contributed by atoms with Crippen molar-refractivity contribution in [3.63, 3.8) is 0 Å². The Kier molecular flexibility index (Phi) is 6.12. The molecule has 2 aromatic carbocycles. The lowest BCUT2D eigenvalue weighted by Gasteiger charge is -2.35. The summed E-state index contributed by atoms with van der Waals surface area (Å²) >= 11 is 0. The summed E-state index contributed by atoms with van der Waals surface area (Å²) in [5, 5.41) is 0. The number of amides is 1. The van der Waals surface area contributed by atoms with Gasteiger partial charge in [-0.2, -0.15) is 13.2 Å². The highest BCUT2D eigenvalue weighted by Crippen LogP contribution is 2.42. The molecule has 38 heavy (non-hydrogen) atoms. The summed E-state index contributed by atoms with van der Waals surface area (Å²) < 4.78 is 68.3. The van der Waals surface area contributed by atoms with Crippen LogP contribution in [0.5, 0.6) is 0 Å². The molecule has 0 radical (unpaired) electrons. The fourth-order valence-electron chi connectivity index (χ4n) is 6.35. The molecule has 0 N–H and O–H groups in total. The SMILES string of the molecule is O=C(C1=CCc2ccc3c(c2C1)CC=C1CC=CC=C13)N1CCC(c2ccc(F)c(F)c2C(F)(F)F)CC1. The third-order valence-corrected chi connectivity index (χ3v) is 8.30. The molecular weight excluding hydrogens is 497 g/mol. The summed E-state index contributed by atoms with van der Waals surface area (Å²) in [4.78, 5) is 15.1. The zero-order valence-electron chi connectivity index (χ0n) is 20.7. The van der Waals surface area contributed by atoms with Gasteiger partial charge in [0.25, 0.3) is 0 Å². The van der Waals surface area contributed by atoms with Crippen LogP contribution in [0.1, 0.15) is 58.6 Å². The number of nitrogens with zero attached hydrogens (tertiary/aromatic N) is 1. The van der Waals surface area contributed by atoms with E-state index in [0.717, 1.165) is 25.0 Å². The van der Waals surface area contributed by atoms with Gasteiger partial charge in [-0.3, -0.25) is 4.79 Å². The van der Waals surface area contributed by atoms with Crippen molar-refractivity contribution >= 4 is 11.5 Å². The molecule has 0 spiro atoms. The normalized spacial score (nSPS) is 19.2. The molecule has 196 valence electrons. The van der Waals surface area contributed by atoms with Crippen molar-refractivity contribution in [2.24, 2.45) is 0 Å². The predicted octanol–water partition coefficient (Wildman–Crippen LogP) is 7.24. The molecule has 1 aliphatic heterocycles. The van der Waals surface area contributed by atoms with Gasteiger partial charge in [-0.25, -0.2) is 8.78 Å². The average molecular weight is 524 g/mol. The van der Waals surface area contributed by atoms with E-state index in [9.17, 15) is 26.7 Å². The van der Waals surface area contributed by atoms with Crippen LogP contribution in [-0.2, 0) is 30.2 Å². The summed E-state index contributed by atoms with van der Waals surface area (Å²) in [6, 6.07) is 6.12. The number of likely N-dealkylation sites (tertiary alicyclic amines) is 1. The van der Waals surface area contributed by atoms with Gasteiger partial charge >= 0.3 is 6.18 Å². The zero-order valence-corrected chi connectivity index (χ0v) is 20.7. The second kappa shape index (κ2) is 9.37. The number of allylic oxidation sites excluding steroid dienone is 7. The van der Waals surface area contributed by atoms with Gasteiger partial charge in [-0.05, 0) is 83.1 Å². The molecule has 2 nitrogen and oxygen atoms in total. The van der Waals surface area contributed by atoms with E-state index >= 15 is 0 Å². The number of piperidine rings is 1. The Morgan fingerprint density at radius 3 is 2.47 bits per heavy atom. The lowest BCUT2D eigenvalue weighted by Crippen LogP contribution is -2.39. The largest absolute Gasteiger partial charge is 0.419 e. The molecule has 1 saturated heterocycles. The van der Waals surface area contributed by atoms with Gasteiger partial charge in [0.1, 0.15) is 0 Å². The van der Waals surface area contributed by atoms with Crippen molar-refractivity contribution in [2.75, 3.05) is 13.1 Å². The first-order valence-electron chi connectivity index (χ1n) is 13.0. The molecule has 6 rings (SSSR count). The van der Waals surface area contributed by atoms with E-state index in [1.807, 2.05) is 6.08 Å². The van der Waals surface area contributed by atoms with Crippen molar-refractivity contribution in [2.45, 2.75) is 50.6 Å². The van der Waals surface area contributed by atoms with Crippen molar-refractivity contribution in [3.8, 4) is 0 Å². The van der Waals surface area contributed by atoms with Crippen molar-refractivity contribution in [1.29, 1.82) is 0 Å². The van der Waals surface area contributed by atoms with Crippen LogP contribution < -0.4 is 0 Å². The highest BCUT2D eigenvalue weighted by Gasteiger charge is 2.41. The van der Waals surface area contributed by atoms with Gasteiger partial charge in [-0.15, -0.1) is 0 Å². The Morgan fingerprint density at radius 1 is 0.921 bits per heavy atom. The third kappa shape index (κ3) is 4.22. The molecule has 0 atom stereocenters. The van der Waals surface area contributed by atoms with E-state index < -0.39 is 29.3 Å². The zero-order chi connectivity index (χ0) is 26.6. The van der Waals surface area contributed by atoms with E-state index in [2.05, 4.69) is 36.4 Å². The Morgan fingerprint density at radius 2 is 1.71 bits per heavy atom. The number of carbonyl (C=O) groups is 1. The van der Waals surface area contributed by atoms with Crippen molar-refractivity contribution < 1.29 is 26.7 Å². The maximum Gasteiger partial charge on any atom is 0.419 e. The highest BCUT2D eigenvalue weighted by molar-refractivity contribution is 5.95. The second-order valence-electron chi connectivity index (χ2n) is 10.4. The summed E-state index contributed by atoms with van der Waals surface area (Å²) in [5.74, 6) is -4.06. The van der Waals surface area contributed by atoms with E-state index in [1.165, 1.54) is 33.4 Å². The van der Waals surface area contributed by atoms with E-state index in [-0.39, 0.29) is 37.4 Å². The summed E-state index contributed by atoms with van der Waals surface area (Å²) in [7, 11) is 0. The van der Waals surface area contributed by atoms with Gasteiger partial charge in [0.2, 0.25) is 5.91 Å². The molecule has 0 unspecified atom stereocenters. The Bertz CT molecular complexity index is 1450. The van der Waals surface area contributed by atoms with Crippen LogP contribution >= 0.6 is 0 Å². The van der Waals surface area contributed by atoms with Crippen LogP contribution in [0.2, 0.25) is 0 Å². The van der Waals surface area contributed by atoms with Gasteiger partial charge in [0.15, 0.2) is 11.6 Å². The molecule has 7 heteroatoms. The van der Waals surface area contributed by atoms with Crippen LogP contribution in [0.15, 0.2) is 65.8 Å². The minimum atomic E-state index is -4.99. The first-order chi connectivity index (χ1) is 18.2.